The van der Waals surface area contributed by atoms with Crippen molar-refractivity contribution in [2.75, 3.05) is 20.6 Å². The summed E-state index contributed by atoms with van der Waals surface area (Å²) in [5.74, 6) is -0.758. The minimum Gasteiger partial charge on any atom is -0.350 e. The molecular formula is C17H18FN3O3. The third-order valence-electron chi connectivity index (χ3n) is 3.63. The largest absolute Gasteiger partial charge is 0.350 e. The fourth-order valence-corrected chi connectivity index (χ4v) is 2.36. The molecule has 0 spiro atoms. The van der Waals surface area contributed by atoms with E-state index in [1.54, 1.807) is 12.1 Å². The molecule has 1 atom stereocenters. The lowest BCUT2D eigenvalue weighted by Crippen LogP contribution is -2.34. The number of halogens is 1. The molecule has 1 unspecified atom stereocenters. The number of hydrogen-bond acceptors (Lipinski definition) is 4. The summed E-state index contributed by atoms with van der Waals surface area (Å²) in [6.45, 7) is 0.248. The maximum Gasteiger partial charge on any atom is 0.270 e. The third-order valence-corrected chi connectivity index (χ3v) is 3.63. The molecular weight excluding hydrogens is 313 g/mol. The van der Waals surface area contributed by atoms with E-state index in [-0.39, 0.29) is 29.7 Å². The molecule has 0 heterocycles. The normalized spacial score (nSPS) is 12.0. The molecule has 0 bridgehead atoms. The molecule has 0 aliphatic heterocycles. The van der Waals surface area contributed by atoms with Gasteiger partial charge in [-0.15, -0.1) is 0 Å². The molecule has 2 aromatic carbocycles. The number of hydrogen-bond donors (Lipinski definition) is 1. The van der Waals surface area contributed by atoms with Crippen LogP contribution in [0.4, 0.5) is 10.1 Å². The number of nitrogens with one attached hydrogen (secondary N) is 1. The Labute approximate surface area is 139 Å². The molecule has 2 aromatic rings. The number of nitro benzene ring substituents is 1. The Bertz CT molecular complexity index is 749. The van der Waals surface area contributed by atoms with Gasteiger partial charge in [-0.2, -0.15) is 0 Å². The molecule has 24 heavy (non-hydrogen) atoms. The number of amides is 1. The van der Waals surface area contributed by atoms with Crippen LogP contribution in [0.15, 0.2) is 48.5 Å². The number of nitro groups is 1. The fraction of sp³-hybridized carbons (Fsp3) is 0.235. The van der Waals surface area contributed by atoms with Crippen molar-refractivity contribution in [3.05, 3.63) is 75.6 Å². The number of likely N-dealkylation sites (N-methyl/N-ethyl adjacent to an activating group) is 1. The summed E-state index contributed by atoms with van der Waals surface area (Å²) in [6, 6.07) is 11.5. The summed E-state index contributed by atoms with van der Waals surface area (Å²) < 4.78 is 13.4. The molecule has 0 fully saturated rings. The summed E-state index contributed by atoms with van der Waals surface area (Å²) in [7, 11) is 3.66. The van der Waals surface area contributed by atoms with Crippen LogP contribution in [-0.4, -0.2) is 36.4 Å². The molecule has 0 aromatic heterocycles. The van der Waals surface area contributed by atoms with Crippen molar-refractivity contribution in [3.63, 3.8) is 0 Å². The Kier molecular flexibility index (Phi) is 5.59. The fourth-order valence-electron chi connectivity index (χ4n) is 2.36. The highest BCUT2D eigenvalue weighted by atomic mass is 19.1. The summed E-state index contributed by atoms with van der Waals surface area (Å²) in [4.78, 5) is 24.3. The topological polar surface area (TPSA) is 75.5 Å². The first-order chi connectivity index (χ1) is 11.4. The van der Waals surface area contributed by atoms with Gasteiger partial charge in [0.15, 0.2) is 0 Å². The average Bonchev–Trinajstić information content (AvgIpc) is 2.54. The smallest absolute Gasteiger partial charge is 0.270 e. The van der Waals surface area contributed by atoms with Gasteiger partial charge in [0, 0.05) is 24.2 Å². The van der Waals surface area contributed by atoms with Gasteiger partial charge in [0.05, 0.1) is 11.0 Å². The molecule has 1 N–H and O–H groups in total. The van der Waals surface area contributed by atoms with Crippen molar-refractivity contribution >= 4 is 11.6 Å². The van der Waals surface area contributed by atoms with Crippen LogP contribution in [-0.2, 0) is 0 Å². The molecule has 2 rings (SSSR count). The molecule has 1 amide bonds. The highest BCUT2D eigenvalue weighted by molar-refractivity contribution is 5.94. The van der Waals surface area contributed by atoms with Gasteiger partial charge < -0.3 is 10.2 Å². The Balaban J connectivity index is 2.10. The van der Waals surface area contributed by atoms with E-state index in [2.05, 4.69) is 5.32 Å². The summed E-state index contributed by atoms with van der Waals surface area (Å²) in [5.41, 5.74) is 0.803. The van der Waals surface area contributed by atoms with Crippen molar-refractivity contribution in [2.45, 2.75) is 6.04 Å². The van der Waals surface area contributed by atoms with Gasteiger partial charge in [-0.25, -0.2) is 4.39 Å². The monoisotopic (exact) mass is 331 g/mol. The van der Waals surface area contributed by atoms with Crippen LogP contribution < -0.4 is 5.32 Å². The second-order valence-corrected chi connectivity index (χ2v) is 5.55. The third kappa shape index (κ3) is 4.36. The van der Waals surface area contributed by atoms with Crippen LogP contribution in [0.1, 0.15) is 22.0 Å². The van der Waals surface area contributed by atoms with Gasteiger partial charge in [0.1, 0.15) is 5.82 Å². The molecule has 0 saturated carbocycles. The molecule has 0 radical (unpaired) electrons. The number of benzene rings is 2. The van der Waals surface area contributed by atoms with E-state index in [1.165, 1.54) is 36.4 Å². The van der Waals surface area contributed by atoms with Crippen molar-refractivity contribution in [1.82, 2.24) is 10.2 Å². The van der Waals surface area contributed by atoms with Gasteiger partial charge in [-0.05, 0) is 37.9 Å². The Morgan fingerprint density at radius 2 is 1.96 bits per heavy atom. The molecule has 0 saturated heterocycles. The number of carbonyl (C=O) groups is 1. The highest BCUT2D eigenvalue weighted by Gasteiger charge is 2.17. The van der Waals surface area contributed by atoms with Gasteiger partial charge >= 0.3 is 0 Å². The molecule has 126 valence electrons. The Morgan fingerprint density at radius 1 is 1.25 bits per heavy atom. The lowest BCUT2D eigenvalue weighted by Gasteiger charge is -2.25. The van der Waals surface area contributed by atoms with Crippen LogP contribution in [0.3, 0.4) is 0 Å². The van der Waals surface area contributed by atoms with Gasteiger partial charge in [0.25, 0.3) is 11.6 Å². The number of carbonyl (C=O) groups excluding carboxylic acids is 1. The van der Waals surface area contributed by atoms with Crippen LogP contribution in [0.5, 0.6) is 0 Å². The zero-order chi connectivity index (χ0) is 17.7. The second-order valence-electron chi connectivity index (χ2n) is 5.55. The first-order valence-corrected chi connectivity index (χ1v) is 7.33. The van der Waals surface area contributed by atoms with Crippen molar-refractivity contribution in [3.8, 4) is 0 Å². The van der Waals surface area contributed by atoms with Gasteiger partial charge in [0.2, 0.25) is 0 Å². The molecule has 0 aliphatic carbocycles. The van der Waals surface area contributed by atoms with Crippen molar-refractivity contribution in [2.24, 2.45) is 0 Å². The van der Waals surface area contributed by atoms with Gasteiger partial charge in [-0.3, -0.25) is 14.9 Å². The van der Waals surface area contributed by atoms with E-state index >= 15 is 0 Å². The van der Waals surface area contributed by atoms with Crippen molar-refractivity contribution in [1.29, 1.82) is 0 Å². The predicted octanol–water partition coefficient (Wildman–Crippen LogP) is 2.77. The quantitative estimate of drug-likeness (QED) is 0.652. The Hall–Kier alpha value is -2.80. The van der Waals surface area contributed by atoms with E-state index < -0.39 is 10.8 Å². The SMILES string of the molecule is CN(C)C(CNC(=O)c1cccc([N+](=O)[O-])c1)c1cccc(F)c1. The minimum atomic E-state index is -0.549. The summed E-state index contributed by atoms with van der Waals surface area (Å²) in [6.07, 6.45) is 0. The van der Waals surface area contributed by atoms with Crippen LogP contribution in [0.25, 0.3) is 0 Å². The van der Waals surface area contributed by atoms with E-state index in [1.807, 2.05) is 19.0 Å². The van der Waals surface area contributed by atoms with E-state index in [0.717, 1.165) is 5.56 Å². The Morgan fingerprint density at radius 3 is 2.58 bits per heavy atom. The maximum atomic E-state index is 13.4. The molecule has 7 heteroatoms. The maximum absolute atomic E-state index is 13.4. The lowest BCUT2D eigenvalue weighted by molar-refractivity contribution is -0.384. The summed E-state index contributed by atoms with van der Waals surface area (Å²) in [5, 5.41) is 13.5. The average molecular weight is 331 g/mol. The van der Waals surface area contributed by atoms with Crippen LogP contribution in [0.2, 0.25) is 0 Å². The van der Waals surface area contributed by atoms with Crippen LogP contribution >= 0.6 is 0 Å². The summed E-state index contributed by atoms with van der Waals surface area (Å²) >= 11 is 0. The highest BCUT2D eigenvalue weighted by Crippen LogP contribution is 2.19. The van der Waals surface area contributed by atoms with E-state index in [0.29, 0.717) is 0 Å². The zero-order valence-electron chi connectivity index (χ0n) is 13.4. The first kappa shape index (κ1) is 17.6. The number of nitrogens with zero attached hydrogens (tertiary/aromatic N) is 2. The lowest BCUT2D eigenvalue weighted by atomic mass is 10.1. The van der Waals surface area contributed by atoms with E-state index in [9.17, 15) is 19.3 Å². The van der Waals surface area contributed by atoms with Crippen LogP contribution in [0, 0.1) is 15.9 Å². The van der Waals surface area contributed by atoms with E-state index in [4.69, 9.17) is 0 Å². The van der Waals surface area contributed by atoms with Gasteiger partial charge in [-0.1, -0.05) is 18.2 Å². The standard InChI is InChI=1S/C17H18FN3O3/c1-20(2)16(12-5-3-7-14(18)9-12)11-19-17(22)13-6-4-8-15(10-13)21(23)24/h3-10,16H,11H2,1-2H3,(H,19,22). The molecule has 0 aliphatic rings. The molecule has 6 nitrogen and oxygen atoms in total. The zero-order valence-corrected chi connectivity index (χ0v) is 13.4. The van der Waals surface area contributed by atoms with Crippen molar-refractivity contribution < 1.29 is 14.1 Å². The second kappa shape index (κ2) is 7.65. The first-order valence-electron chi connectivity index (χ1n) is 7.33. The minimum absolute atomic E-state index is 0.142. The predicted molar refractivity (Wildman–Crippen MR) is 88.3 cm³/mol. The number of rotatable bonds is 6. The number of non-ortho nitro benzene ring substituents is 1.